The van der Waals surface area contributed by atoms with E-state index in [1.165, 1.54) is 0 Å². The molecule has 0 aliphatic heterocycles. The predicted octanol–water partition coefficient (Wildman–Crippen LogP) is 2.58. The summed E-state index contributed by atoms with van der Waals surface area (Å²) in [4.78, 5) is 3.98. The van der Waals surface area contributed by atoms with Gasteiger partial charge < -0.3 is 4.57 Å². The lowest BCUT2D eigenvalue weighted by molar-refractivity contribution is 0.588. The van der Waals surface area contributed by atoms with E-state index in [-0.39, 0.29) is 0 Å². The quantitative estimate of drug-likeness (QED) is 0.697. The number of pyridine rings is 1. The van der Waals surface area contributed by atoms with Gasteiger partial charge in [0.15, 0.2) is 0 Å². The van der Waals surface area contributed by atoms with Crippen molar-refractivity contribution in [3.8, 4) is 16.9 Å². The van der Waals surface area contributed by atoms with E-state index in [9.17, 15) is 4.57 Å². The molecule has 21 heavy (non-hydrogen) atoms. The molecule has 0 atom stereocenters. The molecular formula is C15H15N4OP. The Morgan fingerprint density at radius 1 is 1.10 bits per heavy atom. The first-order chi connectivity index (χ1) is 10.0. The topological polar surface area (TPSA) is 60.7 Å². The maximum absolute atomic E-state index is 12.2. The largest absolute Gasteiger partial charge is 0.319 e. The van der Waals surface area contributed by atoms with Crippen LogP contribution < -0.4 is 5.30 Å². The van der Waals surface area contributed by atoms with E-state index in [0.717, 1.165) is 22.2 Å². The van der Waals surface area contributed by atoms with Crippen molar-refractivity contribution in [2.45, 2.75) is 0 Å². The molecule has 0 saturated carbocycles. The van der Waals surface area contributed by atoms with Crippen LogP contribution in [0, 0.1) is 0 Å². The van der Waals surface area contributed by atoms with Crippen LogP contribution >= 0.6 is 7.14 Å². The average molecular weight is 298 g/mol. The molecule has 2 aromatic heterocycles. The second kappa shape index (κ2) is 5.26. The van der Waals surface area contributed by atoms with Crippen LogP contribution in [0.25, 0.3) is 16.9 Å². The first-order valence-electron chi connectivity index (χ1n) is 6.53. The molecule has 0 amide bonds. The number of benzene rings is 1. The van der Waals surface area contributed by atoms with Crippen molar-refractivity contribution >= 4 is 12.4 Å². The summed E-state index contributed by atoms with van der Waals surface area (Å²) in [6, 6.07) is 11.4. The van der Waals surface area contributed by atoms with Crippen LogP contribution in [-0.2, 0) is 4.57 Å². The number of hydrogen-bond acceptors (Lipinski definition) is 4. The summed E-state index contributed by atoms with van der Waals surface area (Å²) in [6.07, 6.45) is 5.27. The van der Waals surface area contributed by atoms with E-state index in [2.05, 4.69) is 15.3 Å². The summed E-state index contributed by atoms with van der Waals surface area (Å²) in [5, 5.41) is 9.16. The summed E-state index contributed by atoms with van der Waals surface area (Å²) in [5.74, 6) is 0. The van der Waals surface area contributed by atoms with Crippen LogP contribution in [-0.4, -0.2) is 33.3 Å². The molecule has 0 spiro atoms. The molecule has 106 valence electrons. The third-order valence-electron chi connectivity index (χ3n) is 3.18. The Hall–Kier alpha value is -2.26. The molecule has 1 aromatic carbocycles. The Kier molecular flexibility index (Phi) is 3.43. The average Bonchev–Trinajstić information content (AvgIpc) is 2.97. The Morgan fingerprint density at radius 3 is 2.57 bits per heavy atom. The fourth-order valence-corrected chi connectivity index (χ4v) is 2.91. The lowest BCUT2D eigenvalue weighted by Gasteiger charge is -2.07. The lowest BCUT2D eigenvalue weighted by Crippen LogP contribution is -2.02. The van der Waals surface area contributed by atoms with Crippen LogP contribution in [0.3, 0.4) is 0 Å². The lowest BCUT2D eigenvalue weighted by atomic mass is 10.2. The van der Waals surface area contributed by atoms with Crippen molar-refractivity contribution in [2.24, 2.45) is 0 Å². The van der Waals surface area contributed by atoms with Gasteiger partial charge in [-0.25, -0.2) is 4.68 Å². The van der Waals surface area contributed by atoms with Crippen LogP contribution in [0.2, 0.25) is 0 Å². The van der Waals surface area contributed by atoms with Gasteiger partial charge in [-0.05, 0) is 31.5 Å². The fraction of sp³-hybridized carbons (Fsp3) is 0.133. The van der Waals surface area contributed by atoms with Gasteiger partial charge in [-0.3, -0.25) is 4.98 Å². The molecule has 0 aliphatic carbocycles. The maximum atomic E-state index is 12.2. The molecule has 0 bridgehead atoms. The van der Waals surface area contributed by atoms with E-state index in [0.29, 0.717) is 0 Å². The highest BCUT2D eigenvalue weighted by atomic mass is 31.2. The van der Waals surface area contributed by atoms with Crippen molar-refractivity contribution in [1.82, 2.24) is 20.0 Å². The van der Waals surface area contributed by atoms with Gasteiger partial charge in [-0.15, -0.1) is 5.10 Å². The Balaban J connectivity index is 1.99. The Morgan fingerprint density at radius 2 is 1.86 bits per heavy atom. The Bertz CT molecular complexity index is 807. The summed E-state index contributed by atoms with van der Waals surface area (Å²) in [7, 11) is -2.28. The van der Waals surface area contributed by atoms with Crippen LogP contribution in [0.1, 0.15) is 0 Å². The molecule has 0 N–H and O–H groups in total. The van der Waals surface area contributed by atoms with Crippen LogP contribution in [0.15, 0.2) is 55.0 Å². The summed E-state index contributed by atoms with van der Waals surface area (Å²) in [6.45, 7) is 3.53. The van der Waals surface area contributed by atoms with Crippen molar-refractivity contribution < 1.29 is 4.57 Å². The monoisotopic (exact) mass is 298 g/mol. The summed E-state index contributed by atoms with van der Waals surface area (Å²) < 4.78 is 13.9. The minimum Gasteiger partial charge on any atom is -0.319 e. The van der Waals surface area contributed by atoms with E-state index in [1.807, 2.05) is 42.6 Å². The van der Waals surface area contributed by atoms with Crippen molar-refractivity contribution in [2.75, 3.05) is 13.3 Å². The van der Waals surface area contributed by atoms with Crippen molar-refractivity contribution in [3.05, 3.63) is 55.0 Å². The molecule has 5 nitrogen and oxygen atoms in total. The van der Waals surface area contributed by atoms with Crippen molar-refractivity contribution in [3.63, 3.8) is 0 Å². The minimum absolute atomic E-state index is 0.752. The third kappa shape index (κ3) is 2.93. The molecule has 3 rings (SSSR count). The van der Waals surface area contributed by atoms with Gasteiger partial charge >= 0.3 is 0 Å². The van der Waals surface area contributed by atoms with E-state index >= 15 is 0 Å². The molecule has 0 unspecified atom stereocenters. The molecule has 2 heterocycles. The van der Waals surface area contributed by atoms with E-state index in [1.54, 1.807) is 30.4 Å². The van der Waals surface area contributed by atoms with Gasteiger partial charge in [-0.2, -0.15) is 0 Å². The number of nitrogens with zero attached hydrogens (tertiary/aromatic N) is 4. The summed E-state index contributed by atoms with van der Waals surface area (Å²) >= 11 is 0. The van der Waals surface area contributed by atoms with E-state index in [4.69, 9.17) is 0 Å². The number of aromatic nitrogens is 4. The molecular weight excluding hydrogens is 283 g/mol. The van der Waals surface area contributed by atoms with Gasteiger partial charge in [0.1, 0.15) is 12.8 Å². The van der Waals surface area contributed by atoms with Gasteiger partial charge in [0.2, 0.25) is 0 Å². The molecule has 0 fully saturated rings. The van der Waals surface area contributed by atoms with Crippen molar-refractivity contribution in [1.29, 1.82) is 0 Å². The van der Waals surface area contributed by atoms with Gasteiger partial charge in [0.05, 0.1) is 11.9 Å². The van der Waals surface area contributed by atoms with Gasteiger partial charge in [-0.1, -0.05) is 23.4 Å². The second-order valence-electron chi connectivity index (χ2n) is 5.15. The fourth-order valence-electron chi connectivity index (χ4n) is 2.02. The van der Waals surface area contributed by atoms with Crippen LogP contribution in [0.5, 0.6) is 0 Å². The molecule has 0 radical (unpaired) electrons. The summed E-state index contributed by atoms with van der Waals surface area (Å²) in [5.41, 5.74) is 2.57. The molecule has 6 heteroatoms. The third-order valence-corrected chi connectivity index (χ3v) is 4.71. The minimum atomic E-state index is -2.28. The normalized spacial score (nSPS) is 11.5. The first-order valence-corrected chi connectivity index (χ1v) is 9.13. The smallest absolute Gasteiger partial charge is 0.113 e. The highest BCUT2D eigenvalue weighted by Crippen LogP contribution is 2.35. The maximum Gasteiger partial charge on any atom is 0.113 e. The number of hydrogen-bond donors (Lipinski definition) is 0. The van der Waals surface area contributed by atoms with E-state index < -0.39 is 7.14 Å². The van der Waals surface area contributed by atoms with Gasteiger partial charge in [0.25, 0.3) is 0 Å². The molecule has 3 aromatic rings. The second-order valence-corrected chi connectivity index (χ2v) is 8.37. The Labute approximate surface area is 123 Å². The zero-order valence-electron chi connectivity index (χ0n) is 11.8. The molecule has 0 aliphatic rings. The predicted molar refractivity (Wildman–Crippen MR) is 83.7 cm³/mol. The van der Waals surface area contributed by atoms with Crippen LogP contribution in [0.4, 0.5) is 0 Å². The zero-order valence-corrected chi connectivity index (χ0v) is 12.7. The highest BCUT2D eigenvalue weighted by molar-refractivity contribution is 7.70. The number of rotatable bonds is 3. The molecule has 0 saturated heterocycles. The zero-order chi connectivity index (χ0) is 14.9. The highest BCUT2D eigenvalue weighted by Gasteiger charge is 2.13. The first kappa shape index (κ1) is 13.7. The van der Waals surface area contributed by atoms with Gasteiger partial charge in [0, 0.05) is 23.3 Å². The standard InChI is InChI=1S/C15H15N4OP/c1-21(2,20)14-5-3-4-12(10-14)15-11-19(18-17-15)13-6-8-16-9-7-13/h3-11H,1-2H3. The SMILES string of the molecule is CP(C)(=O)c1cccc(-c2cn(-c3ccncc3)nn2)c1.